The lowest BCUT2D eigenvalue weighted by molar-refractivity contribution is 0.625. The van der Waals surface area contributed by atoms with E-state index in [4.69, 9.17) is 5.26 Å². The van der Waals surface area contributed by atoms with Gasteiger partial charge in [0, 0.05) is 5.56 Å². The number of nitrogens with zero attached hydrogens (tertiary/aromatic N) is 1. The predicted molar refractivity (Wildman–Crippen MR) is 56.5 cm³/mol. The fraction of sp³-hybridized carbons (Fsp3) is 0. The highest BCUT2D eigenvalue weighted by molar-refractivity contribution is 5.70. The van der Waals surface area contributed by atoms with Gasteiger partial charge < -0.3 is 0 Å². The molecule has 0 saturated carbocycles. The molecule has 2 aromatic rings. The van der Waals surface area contributed by atoms with Crippen molar-refractivity contribution < 1.29 is 8.78 Å². The summed E-state index contributed by atoms with van der Waals surface area (Å²) < 4.78 is 26.3. The Kier molecular flexibility index (Phi) is 2.65. The quantitative estimate of drug-likeness (QED) is 0.714. The van der Waals surface area contributed by atoms with Gasteiger partial charge in [-0.05, 0) is 29.8 Å². The third-order valence-electron chi connectivity index (χ3n) is 2.27. The molecule has 2 aromatic carbocycles. The maximum absolute atomic E-state index is 13.6. The first kappa shape index (κ1) is 10.3. The highest BCUT2D eigenvalue weighted by Gasteiger charge is 2.10. The van der Waals surface area contributed by atoms with Gasteiger partial charge in [-0.2, -0.15) is 5.26 Å². The molecule has 1 nitrogen and oxygen atoms in total. The summed E-state index contributed by atoms with van der Waals surface area (Å²) in [6.45, 7) is 0. The van der Waals surface area contributed by atoms with Crippen molar-refractivity contribution in [2.45, 2.75) is 0 Å². The smallest absolute Gasteiger partial charge is 0.132 e. The average molecular weight is 215 g/mol. The van der Waals surface area contributed by atoms with Gasteiger partial charge in [0.2, 0.25) is 0 Å². The molecule has 16 heavy (non-hydrogen) atoms. The molecule has 78 valence electrons. The number of hydrogen-bond donors (Lipinski definition) is 0. The van der Waals surface area contributed by atoms with Crippen LogP contribution in [0.15, 0.2) is 42.5 Å². The summed E-state index contributed by atoms with van der Waals surface area (Å²) in [5.41, 5.74) is 0.952. The van der Waals surface area contributed by atoms with Crippen LogP contribution in [0.2, 0.25) is 0 Å². The Balaban J connectivity index is 2.64. The van der Waals surface area contributed by atoms with Crippen molar-refractivity contribution in [3.8, 4) is 17.2 Å². The van der Waals surface area contributed by atoms with Gasteiger partial charge in [0.1, 0.15) is 11.6 Å². The number of hydrogen-bond acceptors (Lipinski definition) is 1. The van der Waals surface area contributed by atoms with Gasteiger partial charge in [-0.1, -0.05) is 18.2 Å². The molecular weight excluding hydrogens is 208 g/mol. The first-order chi connectivity index (χ1) is 7.72. The summed E-state index contributed by atoms with van der Waals surface area (Å²) in [5.74, 6) is -0.871. The SMILES string of the molecule is N#Cc1cccc(F)c1-c1ccc(F)cc1. The van der Waals surface area contributed by atoms with Crippen LogP contribution in [0.5, 0.6) is 0 Å². The Hall–Kier alpha value is -2.21. The monoisotopic (exact) mass is 215 g/mol. The highest BCUT2D eigenvalue weighted by atomic mass is 19.1. The Morgan fingerprint density at radius 1 is 0.938 bits per heavy atom. The molecule has 0 aliphatic rings. The molecule has 3 heteroatoms. The molecule has 0 heterocycles. The van der Waals surface area contributed by atoms with Gasteiger partial charge in [-0.25, -0.2) is 8.78 Å². The van der Waals surface area contributed by atoms with Crippen LogP contribution < -0.4 is 0 Å². The summed E-state index contributed by atoms with van der Waals surface area (Å²) in [6, 6.07) is 11.6. The standard InChI is InChI=1S/C13H7F2N/c14-11-6-4-9(5-7-11)13-10(8-16)2-1-3-12(13)15/h1-7H. The van der Waals surface area contributed by atoms with E-state index in [1.165, 1.54) is 42.5 Å². The van der Waals surface area contributed by atoms with Crippen LogP contribution >= 0.6 is 0 Å². The first-order valence-corrected chi connectivity index (χ1v) is 4.67. The average Bonchev–Trinajstić information content (AvgIpc) is 2.30. The molecule has 0 bridgehead atoms. The largest absolute Gasteiger partial charge is 0.207 e. The van der Waals surface area contributed by atoms with Crippen LogP contribution in [0, 0.1) is 23.0 Å². The third-order valence-corrected chi connectivity index (χ3v) is 2.27. The Bertz CT molecular complexity index is 553. The normalized spacial score (nSPS) is 9.81. The molecule has 0 aliphatic carbocycles. The van der Waals surface area contributed by atoms with Crippen LogP contribution in [0.3, 0.4) is 0 Å². The van der Waals surface area contributed by atoms with Crippen LogP contribution in [0.4, 0.5) is 8.78 Å². The summed E-state index contributed by atoms with van der Waals surface area (Å²) in [5, 5.41) is 8.87. The van der Waals surface area contributed by atoms with E-state index in [0.717, 1.165) is 0 Å². The van der Waals surface area contributed by atoms with Gasteiger partial charge in [-0.3, -0.25) is 0 Å². The highest BCUT2D eigenvalue weighted by Crippen LogP contribution is 2.26. The van der Waals surface area contributed by atoms with Crippen LogP contribution in [0.1, 0.15) is 5.56 Å². The van der Waals surface area contributed by atoms with E-state index >= 15 is 0 Å². The minimum Gasteiger partial charge on any atom is -0.207 e. The lowest BCUT2D eigenvalue weighted by atomic mass is 10.00. The Morgan fingerprint density at radius 3 is 2.25 bits per heavy atom. The molecular formula is C13H7F2N. The lowest BCUT2D eigenvalue weighted by Gasteiger charge is -2.05. The van der Waals surface area contributed by atoms with Crippen LogP contribution in [-0.2, 0) is 0 Å². The van der Waals surface area contributed by atoms with Crippen molar-refractivity contribution in [2.24, 2.45) is 0 Å². The zero-order chi connectivity index (χ0) is 11.5. The number of halogens is 2. The fourth-order valence-electron chi connectivity index (χ4n) is 1.53. The molecule has 0 amide bonds. The molecule has 0 spiro atoms. The van der Waals surface area contributed by atoms with E-state index in [0.29, 0.717) is 5.56 Å². The molecule has 0 saturated heterocycles. The minimum absolute atomic E-state index is 0.213. The molecule has 2 rings (SSSR count). The molecule has 0 unspecified atom stereocenters. The van der Waals surface area contributed by atoms with E-state index in [1.54, 1.807) is 0 Å². The number of benzene rings is 2. The fourth-order valence-corrected chi connectivity index (χ4v) is 1.53. The summed E-state index contributed by atoms with van der Waals surface area (Å²) in [4.78, 5) is 0. The van der Waals surface area contributed by atoms with Gasteiger partial charge in [0.15, 0.2) is 0 Å². The van der Waals surface area contributed by atoms with Crippen LogP contribution in [0.25, 0.3) is 11.1 Å². The third kappa shape index (κ3) is 1.78. The second-order valence-electron chi connectivity index (χ2n) is 3.28. The van der Waals surface area contributed by atoms with E-state index in [1.807, 2.05) is 6.07 Å². The second kappa shape index (κ2) is 4.11. The number of nitriles is 1. The predicted octanol–water partition coefficient (Wildman–Crippen LogP) is 3.50. The van der Waals surface area contributed by atoms with Crippen molar-refractivity contribution in [3.63, 3.8) is 0 Å². The lowest BCUT2D eigenvalue weighted by Crippen LogP contribution is -1.89. The maximum atomic E-state index is 13.6. The van der Waals surface area contributed by atoms with E-state index in [-0.39, 0.29) is 11.1 Å². The van der Waals surface area contributed by atoms with Gasteiger partial charge >= 0.3 is 0 Å². The first-order valence-electron chi connectivity index (χ1n) is 4.67. The molecule has 0 N–H and O–H groups in total. The minimum atomic E-state index is -0.481. The van der Waals surface area contributed by atoms with E-state index in [2.05, 4.69) is 0 Å². The number of rotatable bonds is 1. The van der Waals surface area contributed by atoms with Gasteiger partial charge in [0.25, 0.3) is 0 Å². The van der Waals surface area contributed by atoms with Crippen molar-refractivity contribution >= 4 is 0 Å². The molecule has 0 fully saturated rings. The van der Waals surface area contributed by atoms with Crippen molar-refractivity contribution in [2.75, 3.05) is 0 Å². The molecule has 0 aromatic heterocycles. The van der Waals surface area contributed by atoms with E-state index < -0.39 is 11.6 Å². The van der Waals surface area contributed by atoms with Crippen molar-refractivity contribution in [3.05, 3.63) is 59.7 Å². The summed E-state index contributed by atoms with van der Waals surface area (Å²) >= 11 is 0. The second-order valence-corrected chi connectivity index (χ2v) is 3.28. The molecule has 0 radical (unpaired) electrons. The van der Waals surface area contributed by atoms with E-state index in [9.17, 15) is 8.78 Å². The maximum Gasteiger partial charge on any atom is 0.132 e. The Morgan fingerprint density at radius 2 is 1.62 bits per heavy atom. The van der Waals surface area contributed by atoms with Gasteiger partial charge in [-0.15, -0.1) is 0 Å². The molecule has 0 aliphatic heterocycles. The zero-order valence-electron chi connectivity index (χ0n) is 8.24. The summed E-state index contributed by atoms with van der Waals surface area (Å²) in [6.07, 6.45) is 0. The van der Waals surface area contributed by atoms with Crippen LogP contribution in [-0.4, -0.2) is 0 Å². The molecule has 0 atom stereocenters. The zero-order valence-corrected chi connectivity index (χ0v) is 8.24. The van der Waals surface area contributed by atoms with Gasteiger partial charge in [0.05, 0.1) is 11.6 Å². The topological polar surface area (TPSA) is 23.8 Å². The summed E-state index contributed by atoms with van der Waals surface area (Å²) in [7, 11) is 0. The van der Waals surface area contributed by atoms with Crippen molar-refractivity contribution in [1.29, 1.82) is 5.26 Å². The van der Waals surface area contributed by atoms with Crippen molar-refractivity contribution in [1.82, 2.24) is 0 Å². The Labute approximate surface area is 91.6 Å².